The molecule has 0 atom stereocenters. The van der Waals surface area contributed by atoms with Gasteiger partial charge in [0.2, 0.25) is 5.91 Å². The highest BCUT2D eigenvalue weighted by molar-refractivity contribution is 7.81. The van der Waals surface area contributed by atoms with Crippen LogP contribution in [-0.4, -0.2) is 23.6 Å². The van der Waals surface area contributed by atoms with Gasteiger partial charge in [-0.25, -0.2) is 0 Å². The molecule has 0 aliphatic rings. The van der Waals surface area contributed by atoms with Crippen molar-refractivity contribution < 1.29 is 4.79 Å². The Bertz CT molecular complexity index is 401. The van der Waals surface area contributed by atoms with Gasteiger partial charge in [0.15, 0.2) is 0 Å². The first-order valence-electron chi connectivity index (χ1n) is 5.90. The van der Waals surface area contributed by atoms with Crippen molar-refractivity contribution in [3.8, 4) is 0 Å². The SMILES string of the molecule is Cc1ccc(C(C)C)cc1CN(C)C(=O)CS. The molecule has 1 aromatic carbocycles. The summed E-state index contributed by atoms with van der Waals surface area (Å²) in [4.78, 5) is 13.2. The van der Waals surface area contributed by atoms with E-state index in [2.05, 4.69) is 51.6 Å². The van der Waals surface area contributed by atoms with Gasteiger partial charge in [-0.3, -0.25) is 4.79 Å². The van der Waals surface area contributed by atoms with Crippen molar-refractivity contribution in [1.82, 2.24) is 4.90 Å². The lowest BCUT2D eigenvalue weighted by molar-refractivity contribution is -0.127. The zero-order valence-electron chi connectivity index (χ0n) is 11.0. The monoisotopic (exact) mass is 251 g/mol. The second-order valence-corrected chi connectivity index (χ2v) is 5.06. The normalized spacial score (nSPS) is 10.7. The summed E-state index contributed by atoms with van der Waals surface area (Å²) in [6, 6.07) is 6.48. The Morgan fingerprint density at radius 1 is 1.41 bits per heavy atom. The quantitative estimate of drug-likeness (QED) is 0.816. The van der Waals surface area contributed by atoms with E-state index in [1.807, 2.05) is 7.05 Å². The molecule has 17 heavy (non-hydrogen) atoms. The van der Waals surface area contributed by atoms with Crippen molar-refractivity contribution >= 4 is 18.5 Å². The molecule has 0 saturated heterocycles. The summed E-state index contributed by atoms with van der Waals surface area (Å²) >= 11 is 4.01. The Labute approximate surface area is 109 Å². The molecule has 1 aromatic rings. The van der Waals surface area contributed by atoms with Crippen LogP contribution in [0.25, 0.3) is 0 Å². The molecule has 0 aromatic heterocycles. The Balaban J connectivity index is 2.89. The summed E-state index contributed by atoms with van der Waals surface area (Å²) in [7, 11) is 1.82. The smallest absolute Gasteiger partial charge is 0.232 e. The molecule has 0 aliphatic carbocycles. The second kappa shape index (κ2) is 6.10. The van der Waals surface area contributed by atoms with E-state index in [9.17, 15) is 4.79 Å². The average Bonchev–Trinajstić information content (AvgIpc) is 2.30. The third kappa shape index (κ3) is 3.77. The van der Waals surface area contributed by atoms with Crippen molar-refractivity contribution in [2.24, 2.45) is 0 Å². The van der Waals surface area contributed by atoms with Gasteiger partial charge >= 0.3 is 0 Å². The molecule has 0 spiro atoms. The number of carbonyl (C=O) groups is 1. The number of rotatable bonds is 4. The molecule has 0 heterocycles. The number of benzene rings is 1. The third-order valence-electron chi connectivity index (χ3n) is 3.01. The standard InChI is InChI=1S/C14H21NOS/c1-10(2)12-6-5-11(3)13(7-12)8-15(4)14(16)9-17/h5-7,10,17H,8-9H2,1-4H3. The van der Waals surface area contributed by atoms with Gasteiger partial charge in [0.1, 0.15) is 0 Å². The highest BCUT2D eigenvalue weighted by Crippen LogP contribution is 2.19. The van der Waals surface area contributed by atoms with E-state index >= 15 is 0 Å². The summed E-state index contributed by atoms with van der Waals surface area (Å²) < 4.78 is 0. The molecular formula is C14H21NOS. The van der Waals surface area contributed by atoms with Crippen LogP contribution in [0.5, 0.6) is 0 Å². The molecule has 0 radical (unpaired) electrons. The predicted octanol–water partition coefficient (Wildman–Crippen LogP) is 3.01. The molecule has 0 saturated carbocycles. The van der Waals surface area contributed by atoms with Crippen LogP contribution >= 0.6 is 12.6 Å². The maximum atomic E-state index is 11.5. The summed E-state index contributed by atoms with van der Waals surface area (Å²) in [6.07, 6.45) is 0. The van der Waals surface area contributed by atoms with Gasteiger partial charge in [0.25, 0.3) is 0 Å². The van der Waals surface area contributed by atoms with Crippen molar-refractivity contribution in [2.45, 2.75) is 33.2 Å². The van der Waals surface area contributed by atoms with E-state index in [0.29, 0.717) is 12.5 Å². The van der Waals surface area contributed by atoms with Crippen LogP contribution in [0.2, 0.25) is 0 Å². The van der Waals surface area contributed by atoms with Crippen LogP contribution in [0.4, 0.5) is 0 Å². The van der Waals surface area contributed by atoms with Gasteiger partial charge in [-0.1, -0.05) is 32.0 Å². The highest BCUT2D eigenvalue weighted by atomic mass is 32.1. The van der Waals surface area contributed by atoms with Crippen molar-refractivity contribution in [2.75, 3.05) is 12.8 Å². The lowest BCUT2D eigenvalue weighted by atomic mass is 9.97. The van der Waals surface area contributed by atoms with Gasteiger partial charge in [0.05, 0.1) is 5.75 Å². The maximum absolute atomic E-state index is 11.5. The van der Waals surface area contributed by atoms with Crippen LogP contribution in [0.15, 0.2) is 18.2 Å². The Morgan fingerprint density at radius 3 is 2.59 bits per heavy atom. The van der Waals surface area contributed by atoms with Crippen LogP contribution in [-0.2, 0) is 11.3 Å². The second-order valence-electron chi connectivity index (χ2n) is 4.75. The predicted molar refractivity (Wildman–Crippen MR) is 75.6 cm³/mol. The maximum Gasteiger partial charge on any atom is 0.232 e. The topological polar surface area (TPSA) is 20.3 Å². The zero-order chi connectivity index (χ0) is 13.0. The van der Waals surface area contributed by atoms with Gasteiger partial charge < -0.3 is 4.90 Å². The summed E-state index contributed by atoms with van der Waals surface area (Å²) in [6.45, 7) is 7.10. The third-order valence-corrected chi connectivity index (χ3v) is 3.28. The van der Waals surface area contributed by atoms with Crippen LogP contribution < -0.4 is 0 Å². The molecule has 0 unspecified atom stereocenters. The molecule has 1 amide bonds. The fourth-order valence-electron chi connectivity index (χ4n) is 1.69. The molecule has 1 rings (SSSR count). The van der Waals surface area contributed by atoms with Gasteiger partial charge in [0, 0.05) is 13.6 Å². The number of amides is 1. The fourth-order valence-corrected chi connectivity index (χ4v) is 1.93. The van der Waals surface area contributed by atoms with E-state index < -0.39 is 0 Å². The minimum absolute atomic E-state index is 0.0580. The summed E-state index contributed by atoms with van der Waals surface area (Å²) in [5.41, 5.74) is 3.76. The molecule has 0 bridgehead atoms. The molecule has 3 heteroatoms. The first-order valence-corrected chi connectivity index (χ1v) is 6.53. The largest absolute Gasteiger partial charge is 0.341 e. The van der Waals surface area contributed by atoms with E-state index in [1.165, 1.54) is 16.7 Å². The number of aryl methyl sites for hydroxylation is 1. The number of hydrogen-bond donors (Lipinski definition) is 1. The van der Waals surface area contributed by atoms with Crippen molar-refractivity contribution in [3.63, 3.8) is 0 Å². The zero-order valence-corrected chi connectivity index (χ0v) is 11.9. The average molecular weight is 251 g/mol. The minimum Gasteiger partial charge on any atom is -0.341 e. The molecule has 0 N–H and O–H groups in total. The van der Waals surface area contributed by atoms with Crippen LogP contribution in [0.1, 0.15) is 36.5 Å². The molecule has 0 fully saturated rings. The lowest BCUT2D eigenvalue weighted by Crippen LogP contribution is -2.27. The van der Waals surface area contributed by atoms with Crippen LogP contribution in [0, 0.1) is 6.92 Å². The van der Waals surface area contributed by atoms with E-state index in [-0.39, 0.29) is 11.7 Å². The van der Waals surface area contributed by atoms with Crippen molar-refractivity contribution in [3.05, 3.63) is 34.9 Å². The Kier molecular flexibility index (Phi) is 5.06. The first kappa shape index (κ1) is 14.1. The number of nitrogens with zero attached hydrogens (tertiary/aromatic N) is 1. The number of carbonyl (C=O) groups excluding carboxylic acids is 1. The Morgan fingerprint density at radius 2 is 2.06 bits per heavy atom. The molecule has 0 aliphatic heterocycles. The lowest BCUT2D eigenvalue weighted by Gasteiger charge is -2.19. The summed E-state index contributed by atoms with van der Waals surface area (Å²) in [5, 5.41) is 0. The highest BCUT2D eigenvalue weighted by Gasteiger charge is 2.10. The van der Waals surface area contributed by atoms with E-state index in [4.69, 9.17) is 0 Å². The minimum atomic E-state index is 0.0580. The molecule has 2 nitrogen and oxygen atoms in total. The van der Waals surface area contributed by atoms with Gasteiger partial charge in [-0.05, 0) is 29.5 Å². The van der Waals surface area contributed by atoms with E-state index in [1.54, 1.807) is 4.90 Å². The molecule has 94 valence electrons. The van der Waals surface area contributed by atoms with Crippen LogP contribution in [0.3, 0.4) is 0 Å². The Hall–Kier alpha value is -0.960. The van der Waals surface area contributed by atoms with Gasteiger partial charge in [-0.2, -0.15) is 12.6 Å². The van der Waals surface area contributed by atoms with Crippen molar-refractivity contribution in [1.29, 1.82) is 0 Å². The van der Waals surface area contributed by atoms with E-state index in [0.717, 1.165) is 0 Å². The molecular weight excluding hydrogens is 230 g/mol. The number of hydrogen-bond acceptors (Lipinski definition) is 2. The van der Waals surface area contributed by atoms with Gasteiger partial charge in [-0.15, -0.1) is 0 Å². The number of thiol groups is 1. The first-order chi connectivity index (χ1) is 7.95. The summed E-state index contributed by atoms with van der Waals surface area (Å²) in [5.74, 6) is 0.835. The fraction of sp³-hybridized carbons (Fsp3) is 0.500.